The van der Waals surface area contributed by atoms with Crippen LogP contribution < -0.4 is 11.1 Å². The summed E-state index contributed by atoms with van der Waals surface area (Å²) < 4.78 is 0. The number of nitrogens with zero attached hydrogens (tertiary/aromatic N) is 2. The average Bonchev–Trinajstić information content (AvgIpc) is 2.63. The summed E-state index contributed by atoms with van der Waals surface area (Å²) in [6.07, 6.45) is 11.3. The van der Waals surface area contributed by atoms with Gasteiger partial charge in [-0.15, -0.1) is 0 Å². The Balaban J connectivity index is 1.64. The molecule has 1 saturated carbocycles. The van der Waals surface area contributed by atoms with Crippen molar-refractivity contribution >= 4 is 5.91 Å². The number of rotatable bonds is 4. The molecule has 24 heavy (non-hydrogen) atoms. The highest BCUT2D eigenvalue weighted by Gasteiger charge is 2.42. The standard InChI is InChI=1S/C19H36N4O/c1-22-14-10-18(11-15-22,23-12-6-3-7-13-23)16-21-17(24)19(20)8-4-2-5-9-19/h2-16,20H2,1H3,(H,21,24). The molecule has 0 aromatic rings. The van der Waals surface area contributed by atoms with Gasteiger partial charge in [0.15, 0.2) is 0 Å². The molecule has 1 aliphatic carbocycles. The van der Waals surface area contributed by atoms with Crippen molar-refractivity contribution in [2.24, 2.45) is 5.73 Å². The van der Waals surface area contributed by atoms with Crippen LogP contribution in [0.1, 0.15) is 64.2 Å². The summed E-state index contributed by atoms with van der Waals surface area (Å²) >= 11 is 0. The van der Waals surface area contributed by atoms with Crippen LogP contribution in [0.2, 0.25) is 0 Å². The van der Waals surface area contributed by atoms with Crippen molar-refractivity contribution in [3.05, 3.63) is 0 Å². The van der Waals surface area contributed by atoms with Gasteiger partial charge >= 0.3 is 0 Å². The Hall–Kier alpha value is -0.650. The highest BCUT2D eigenvalue weighted by atomic mass is 16.2. The molecule has 0 atom stereocenters. The van der Waals surface area contributed by atoms with Gasteiger partial charge in [-0.2, -0.15) is 0 Å². The SMILES string of the molecule is CN1CCC(CNC(=O)C2(N)CCCCC2)(N2CCCCC2)CC1. The third-order valence-corrected chi connectivity index (χ3v) is 6.72. The Labute approximate surface area is 147 Å². The first-order valence-corrected chi connectivity index (χ1v) is 10.0. The lowest BCUT2D eigenvalue weighted by atomic mass is 9.80. The zero-order valence-corrected chi connectivity index (χ0v) is 15.5. The summed E-state index contributed by atoms with van der Waals surface area (Å²) in [5.41, 5.74) is 5.96. The molecule has 5 heteroatoms. The summed E-state index contributed by atoms with van der Waals surface area (Å²) in [5.74, 6) is 0.0949. The van der Waals surface area contributed by atoms with Crippen LogP contribution in [0.3, 0.4) is 0 Å². The van der Waals surface area contributed by atoms with Crippen molar-refractivity contribution in [2.45, 2.75) is 75.3 Å². The van der Waals surface area contributed by atoms with Crippen LogP contribution in [-0.2, 0) is 4.79 Å². The zero-order valence-electron chi connectivity index (χ0n) is 15.5. The van der Waals surface area contributed by atoms with Crippen LogP contribution in [0, 0.1) is 0 Å². The Bertz CT molecular complexity index is 419. The summed E-state index contributed by atoms with van der Waals surface area (Å²) in [6, 6.07) is 0. The van der Waals surface area contributed by atoms with Gasteiger partial charge in [0.1, 0.15) is 0 Å². The minimum Gasteiger partial charge on any atom is -0.353 e. The van der Waals surface area contributed by atoms with E-state index in [9.17, 15) is 4.79 Å². The predicted octanol–water partition coefficient (Wildman–Crippen LogP) is 1.71. The second-order valence-electron chi connectivity index (χ2n) is 8.47. The second kappa shape index (κ2) is 7.71. The topological polar surface area (TPSA) is 61.6 Å². The lowest BCUT2D eigenvalue weighted by Gasteiger charge is -2.50. The molecule has 0 radical (unpaired) electrons. The summed E-state index contributed by atoms with van der Waals surface area (Å²) in [6.45, 7) is 5.40. The van der Waals surface area contributed by atoms with Gasteiger partial charge in [-0.1, -0.05) is 25.7 Å². The third-order valence-electron chi connectivity index (χ3n) is 6.72. The molecule has 0 bridgehead atoms. The first-order valence-electron chi connectivity index (χ1n) is 10.0. The van der Waals surface area contributed by atoms with Crippen LogP contribution in [0.4, 0.5) is 0 Å². The van der Waals surface area contributed by atoms with E-state index in [4.69, 9.17) is 5.73 Å². The van der Waals surface area contributed by atoms with E-state index in [1.165, 1.54) is 38.8 Å². The van der Waals surface area contributed by atoms with Gasteiger partial charge in [0, 0.05) is 12.1 Å². The van der Waals surface area contributed by atoms with Gasteiger partial charge in [-0.25, -0.2) is 0 Å². The first kappa shape index (κ1) is 18.2. The fourth-order valence-electron chi connectivity index (χ4n) is 4.84. The number of nitrogens with one attached hydrogen (secondary N) is 1. The molecule has 138 valence electrons. The Morgan fingerprint density at radius 2 is 1.50 bits per heavy atom. The molecule has 2 heterocycles. The molecule has 5 nitrogen and oxygen atoms in total. The Morgan fingerprint density at radius 3 is 2.12 bits per heavy atom. The minimum absolute atomic E-state index is 0.0949. The fraction of sp³-hybridized carbons (Fsp3) is 0.947. The van der Waals surface area contributed by atoms with E-state index in [2.05, 4.69) is 22.2 Å². The van der Waals surface area contributed by atoms with Crippen LogP contribution in [0.25, 0.3) is 0 Å². The predicted molar refractivity (Wildman–Crippen MR) is 97.9 cm³/mol. The molecule has 0 spiro atoms. The van der Waals surface area contributed by atoms with E-state index < -0.39 is 5.54 Å². The zero-order chi connectivity index (χ0) is 17.0. The van der Waals surface area contributed by atoms with Crippen molar-refractivity contribution in [1.29, 1.82) is 0 Å². The molecule has 0 aromatic carbocycles. The molecule has 3 rings (SSSR count). The Morgan fingerprint density at radius 1 is 0.917 bits per heavy atom. The molecular weight excluding hydrogens is 300 g/mol. The van der Waals surface area contributed by atoms with Crippen LogP contribution >= 0.6 is 0 Å². The Kier molecular flexibility index (Phi) is 5.83. The molecule has 3 aliphatic rings. The summed E-state index contributed by atoms with van der Waals surface area (Å²) in [4.78, 5) is 17.9. The summed E-state index contributed by atoms with van der Waals surface area (Å²) in [7, 11) is 2.20. The lowest BCUT2D eigenvalue weighted by Crippen LogP contribution is -2.64. The molecule has 3 N–H and O–H groups in total. The highest BCUT2D eigenvalue weighted by Crippen LogP contribution is 2.32. The third kappa shape index (κ3) is 3.94. The van der Waals surface area contributed by atoms with Crippen molar-refractivity contribution in [2.75, 3.05) is 39.8 Å². The summed E-state index contributed by atoms with van der Waals surface area (Å²) in [5, 5.41) is 3.29. The number of likely N-dealkylation sites (tertiary alicyclic amines) is 2. The molecule has 0 unspecified atom stereocenters. The van der Waals surface area contributed by atoms with Gasteiger partial charge in [-0.3, -0.25) is 9.69 Å². The lowest BCUT2D eigenvalue weighted by molar-refractivity contribution is -0.128. The van der Waals surface area contributed by atoms with Crippen LogP contribution in [0.15, 0.2) is 0 Å². The van der Waals surface area contributed by atoms with Gasteiger partial charge < -0.3 is 16.0 Å². The van der Waals surface area contributed by atoms with Crippen molar-refractivity contribution in [3.63, 3.8) is 0 Å². The van der Waals surface area contributed by atoms with Crippen molar-refractivity contribution in [1.82, 2.24) is 15.1 Å². The molecule has 2 saturated heterocycles. The largest absolute Gasteiger partial charge is 0.353 e. The maximum Gasteiger partial charge on any atom is 0.240 e. The fourth-order valence-corrected chi connectivity index (χ4v) is 4.84. The second-order valence-corrected chi connectivity index (χ2v) is 8.47. The van der Waals surface area contributed by atoms with Gasteiger partial charge in [0.25, 0.3) is 0 Å². The van der Waals surface area contributed by atoms with E-state index in [1.807, 2.05) is 0 Å². The van der Waals surface area contributed by atoms with E-state index in [-0.39, 0.29) is 11.4 Å². The van der Waals surface area contributed by atoms with Crippen LogP contribution in [-0.4, -0.2) is 66.6 Å². The number of amides is 1. The number of hydrogen-bond acceptors (Lipinski definition) is 4. The number of carbonyl (C=O) groups excluding carboxylic acids is 1. The van der Waals surface area contributed by atoms with E-state index >= 15 is 0 Å². The van der Waals surface area contributed by atoms with Gasteiger partial charge in [0.2, 0.25) is 5.91 Å². The smallest absolute Gasteiger partial charge is 0.240 e. The molecular formula is C19H36N4O. The number of carbonyl (C=O) groups is 1. The van der Waals surface area contributed by atoms with Gasteiger partial charge in [-0.05, 0) is 71.8 Å². The number of nitrogens with two attached hydrogens (primary N) is 1. The number of piperidine rings is 2. The number of hydrogen-bond donors (Lipinski definition) is 2. The first-order chi connectivity index (χ1) is 11.5. The monoisotopic (exact) mass is 336 g/mol. The van der Waals surface area contributed by atoms with Gasteiger partial charge in [0.05, 0.1) is 5.54 Å². The highest BCUT2D eigenvalue weighted by molar-refractivity contribution is 5.86. The maximum atomic E-state index is 12.8. The van der Waals surface area contributed by atoms with E-state index in [0.717, 1.165) is 58.2 Å². The minimum atomic E-state index is -0.618. The van der Waals surface area contributed by atoms with Crippen molar-refractivity contribution < 1.29 is 4.79 Å². The normalized spacial score (nSPS) is 28.4. The quantitative estimate of drug-likeness (QED) is 0.820. The van der Waals surface area contributed by atoms with Crippen LogP contribution in [0.5, 0.6) is 0 Å². The van der Waals surface area contributed by atoms with Crippen molar-refractivity contribution in [3.8, 4) is 0 Å². The molecule has 3 fully saturated rings. The average molecular weight is 337 g/mol. The van der Waals surface area contributed by atoms with E-state index in [1.54, 1.807) is 0 Å². The molecule has 2 aliphatic heterocycles. The maximum absolute atomic E-state index is 12.8. The van der Waals surface area contributed by atoms with E-state index in [0.29, 0.717) is 0 Å². The molecule has 0 aromatic heterocycles. The molecule has 1 amide bonds.